The normalized spacial score (nSPS) is 9.44. The summed E-state index contributed by atoms with van der Waals surface area (Å²) in [5.41, 5.74) is 1.17. The van der Waals surface area contributed by atoms with Gasteiger partial charge in [0.1, 0.15) is 0 Å². The first-order chi connectivity index (χ1) is 7.09. The molecule has 0 aliphatic heterocycles. The maximum atomic E-state index is 11.2. The van der Waals surface area contributed by atoms with Gasteiger partial charge in [-0.05, 0) is 17.7 Å². The Labute approximate surface area is 111 Å². The lowest BCUT2D eigenvalue weighted by molar-refractivity contribution is -0.127. The zero-order valence-electron chi connectivity index (χ0n) is 9.37. The standard InChI is InChI=1S/C11H15BrN2O.ClH/c1-14(2)11(15)8-13-7-9-3-5-10(12)6-4-9;/h3-6,13H,7-8H2,1-2H3;1H. The summed E-state index contributed by atoms with van der Waals surface area (Å²) in [4.78, 5) is 12.8. The summed E-state index contributed by atoms with van der Waals surface area (Å²) in [5, 5.41) is 3.10. The van der Waals surface area contributed by atoms with Crippen LogP contribution in [0.2, 0.25) is 0 Å². The summed E-state index contributed by atoms with van der Waals surface area (Å²) in [6.07, 6.45) is 0. The minimum absolute atomic E-state index is 0. The number of hydrogen-bond acceptors (Lipinski definition) is 2. The zero-order chi connectivity index (χ0) is 11.3. The van der Waals surface area contributed by atoms with E-state index < -0.39 is 0 Å². The Kier molecular flexibility index (Phi) is 7.38. The molecule has 1 aromatic carbocycles. The summed E-state index contributed by atoms with van der Waals surface area (Å²) in [6, 6.07) is 8.03. The van der Waals surface area contributed by atoms with Crippen LogP contribution in [-0.2, 0) is 11.3 Å². The van der Waals surface area contributed by atoms with Gasteiger partial charge in [-0.15, -0.1) is 12.4 Å². The second-order valence-corrected chi connectivity index (χ2v) is 4.43. The summed E-state index contributed by atoms with van der Waals surface area (Å²) in [5.74, 6) is 0.0899. The zero-order valence-corrected chi connectivity index (χ0v) is 11.8. The van der Waals surface area contributed by atoms with Crippen LogP contribution in [0.15, 0.2) is 28.7 Å². The number of amides is 1. The molecule has 1 amide bonds. The molecule has 0 fully saturated rings. The van der Waals surface area contributed by atoms with Crippen molar-refractivity contribution in [2.24, 2.45) is 0 Å². The summed E-state index contributed by atoms with van der Waals surface area (Å²) >= 11 is 3.37. The van der Waals surface area contributed by atoms with Crippen molar-refractivity contribution in [3.8, 4) is 0 Å². The number of carbonyl (C=O) groups is 1. The van der Waals surface area contributed by atoms with Crippen molar-refractivity contribution < 1.29 is 4.79 Å². The molecule has 0 unspecified atom stereocenters. The van der Waals surface area contributed by atoms with Gasteiger partial charge in [-0.25, -0.2) is 0 Å². The Morgan fingerprint density at radius 1 is 1.31 bits per heavy atom. The highest BCUT2D eigenvalue weighted by Crippen LogP contribution is 2.09. The Bertz CT molecular complexity index is 327. The summed E-state index contributed by atoms with van der Waals surface area (Å²) in [6.45, 7) is 1.09. The molecule has 0 aliphatic carbocycles. The molecule has 0 bridgehead atoms. The van der Waals surface area contributed by atoms with Crippen LogP contribution in [0.1, 0.15) is 5.56 Å². The van der Waals surface area contributed by atoms with Gasteiger partial charge in [-0.3, -0.25) is 4.79 Å². The smallest absolute Gasteiger partial charge is 0.236 e. The number of carbonyl (C=O) groups excluding carboxylic acids is 1. The van der Waals surface area contributed by atoms with Gasteiger partial charge in [-0.1, -0.05) is 28.1 Å². The van der Waals surface area contributed by atoms with Crippen molar-refractivity contribution in [2.45, 2.75) is 6.54 Å². The van der Waals surface area contributed by atoms with Crippen LogP contribution in [0.3, 0.4) is 0 Å². The van der Waals surface area contributed by atoms with Crippen LogP contribution >= 0.6 is 28.3 Å². The summed E-state index contributed by atoms with van der Waals surface area (Å²) in [7, 11) is 3.51. The Hall–Kier alpha value is -0.580. The minimum atomic E-state index is 0. The first-order valence-corrected chi connectivity index (χ1v) is 5.54. The largest absolute Gasteiger partial charge is 0.348 e. The highest BCUT2D eigenvalue weighted by atomic mass is 79.9. The molecule has 1 rings (SSSR count). The van der Waals surface area contributed by atoms with Gasteiger partial charge in [0, 0.05) is 25.1 Å². The molecular formula is C11H16BrClN2O. The van der Waals surface area contributed by atoms with E-state index in [1.807, 2.05) is 24.3 Å². The van der Waals surface area contributed by atoms with Gasteiger partial charge in [0.05, 0.1) is 6.54 Å². The molecule has 1 N–H and O–H groups in total. The van der Waals surface area contributed by atoms with E-state index in [2.05, 4.69) is 21.2 Å². The molecule has 0 radical (unpaired) electrons. The van der Waals surface area contributed by atoms with E-state index in [1.54, 1.807) is 19.0 Å². The van der Waals surface area contributed by atoms with Crippen LogP contribution < -0.4 is 5.32 Å². The Morgan fingerprint density at radius 2 is 1.88 bits per heavy atom. The number of halogens is 2. The van der Waals surface area contributed by atoms with Crippen LogP contribution in [0.4, 0.5) is 0 Å². The lowest BCUT2D eigenvalue weighted by Gasteiger charge is -2.10. The molecule has 0 atom stereocenters. The molecule has 3 nitrogen and oxygen atoms in total. The SMILES string of the molecule is CN(C)C(=O)CNCc1ccc(Br)cc1.Cl. The highest BCUT2D eigenvalue weighted by Gasteiger charge is 2.02. The first kappa shape index (κ1) is 15.4. The molecule has 5 heteroatoms. The molecule has 1 aromatic rings. The molecule has 0 saturated heterocycles. The van der Waals surface area contributed by atoms with Crippen LogP contribution in [0.5, 0.6) is 0 Å². The van der Waals surface area contributed by atoms with Crippen molar-refractivity contribution in [1.29, 1.82) is 0 Å². The van der Waals surface area contributed by atoms with Crippen molar-refractivity contribution in [1.82, 2.24) is 10.2 Å². The molecule has 0 saturated carbocycles. The number of benzene rings is 1. The van der Waals surface area contributed by atoms with Crippen LogP contribution in [-0.4, -0.2) is 31.4 Å². The molecule has 0 spiro atoms. The third-order valence-electron chi connectivity index (χ3n) is 2.02. The quantitative estimate of drug-likeness (QED) is 0.923. The summed E-state index contributed by atoms with van der Waals surface area (Å²) < 4.78 is 1.07. The monoisotopic (exact) mass is 306 g/mol. The Balaban J connectivity index is 0.00000225. The van der Waals surface area contributed by atoms with Crippen molar-refractivity contribution in [2.75, 3.05) is 20.6 Å². The fraction of sp³-hybridized carbons (Fsp3) is 0.364. The highest BCUT2D eigenvalue weighted by molar-refractivity contribution is 9.10. The van der Waals surface area contributed by atoms with E-state index in [0.29, 0.717) is 13.1 Å². The fourth-order valence-electron chi connectivity index (χ4n) is 1.07. The fourth-order valence-corrected chi connectivity index (χ4v) is 1.34. The van der Waals surface area contributed by atoms with E-state index in [4.69, 9.17) is 0 Å². The second-order valence-electron chi connectivity index (χ2n) is 3.52. The van der Waals surface area contributed by atoms with Gasteiger partial charge in [0.2, 0.25) is 5.91 Å². The molecule has 90 valence electrons. The number of nitrogens with one attached hydrogen (secondary N) is 1. The number of rotatable bonds is 4. The average molecular weight is 308 g/mol. The maximum Gasteiger partial charge on any atom is 0.236 e. The molecule has 16 heavy (non-hydrogen) atoms. The molecule has 0 aliphatic rings. The topological polar surface area (TPSA) is 32.3 Å². The molecule has 0 heterocycles. The predicted octanol–water partition coefficient (Wildman–Crippen LogP) is 2.05. The average Bonchev–Trinajstić information content (AvgIpc) is 2.20. The van der Waals surface area contributed by atoms with Crippen LogP contribution in [0.25, 0.3) is 0 Å². The van der Waals surface area contributed by atoms with Crippen molar-refractivity contribution in [3.63, 3.8) is 0 Å². The van der Waals surface area contributed by atoms with Gasteiger partial charge in [-0.2, -0.15) is 0 Å². The van der Waals surface area contributed by atoms with Gasteiger partial charge >= 0.3 is 0 Å². The van der Waals surface area contributed by atoms with E-state index in [9.17, 15) is 4.79 Å². The van der Waals surface area contributed by atoms with Crippen molar-refractivity contribution >= 4 is 34.2 Å². The second kappa shape index (κ2) is 7.65. The van der Waals surface area contributed by atoms with E-state index >= 15 is 0 Å². The third-order valence-corrected chi connectivity index (χ3v) is 2.55. The predicted molar refractivity (Wildman–Crippen MR) is 71.8 cm³/mol. The van der Waals surface area contributed by atoms with E-state index in [-0.39, 0.29) is 18.3 Å². The lowest BCUT2D eigenvalue weighted by Crippen LogP contribution is -2.32. The van der Waals surface area contributed by atoms with Gasteiger partial charge in [0.15, 0.2) is 0 Å². The Morgan fingerprint density at radius 3 is 2.38 bits per heavy atom. The van der Waals surface area contributed by atoms with Crippen molar-refractivity contribution in [3.05, 3.63) is 34.3 Å². The molecule has 0 aromatic heterocycles. The minimum Gasteiger partial charge on any atom is -0.348 e. The van der Waals surface area contributed by atoms with Gasteiger partial charge < -0.3 is 10.2 Å². The lowest BCUT2D eigenvalue weighted by atomic mass is 10.2. The number of likely N-dealkylation sites (N-methyl/N-ethyl adjacent to an activating group) is 1. The first-order valence-electron chi connectivity index (χ1n) is 4.75. The number of hydrogen-bond donors (Lipinski definition) is 1. The van der Waals surface area contributed by atoms with E-state index in [0.717, 1.165) is 4.47 Å². The van der Waals surface area contributed by atoms with Crippen LogP contribution in [0, 0.1) is 0 Å². The van der Waals surface area contributed by atoms with Gasteiger partial charge in [0.25, 0.3) is 0 Å². The third kappa shape index (κ3) is 5.49. The maximum absolute atomic E-state index is 11.2. The van der Waals surface area contributed by atoms with E-state index in [1.165, 1.54) is 5.56 Å². The number of nitrogens with zero attached hydrogens (tertiary/aromatic N) is 1. The molecular weight excluding hydrogens is 291 g/mol.